The van der Waals surface area contributed by atoms with E-state index < -0.39 is 0 Å². The minimum absolute atomic E-state index is 0.166. The maximum Gasteiger partial charge on any atom is 0.274 e. The van der Waals surface area contributed by atoms with Gasteiger partial charge < -0.3 is 25.4 Å². The van der Waals surface area contributed by atoms with Crippen molar-refractivity contribution in [3.8, 4) is 5.19 Å². The lowest BCUT2D eigenvalue weighted by atomic mass is 10.1. The summed E-state index contributed by atoms with van der Waals surface area (Å²) in [7, 11) is 3.42. The Morgan fingerprint density at radius 1 is 1.26 bits per heavy atom. The number of amides is 1. The van der Waals surface area contributed by atoms with E-state index in [1.54, 1.807) is 17.9 Å². The fraction of sp³-hybridized carbons (Fsp3) is 0.375. The summed E-state index contributed by atoms with van der Waals surface area (Å²) >= 11 is 1.45. The quantitative estimate of drug-likeness (QED) is 0.403. The summed E-state index contributed by atoms with van der Waals surface area (Å²) in [6, 6.07) is 8.17. The molecule has 0 saturated carbocycles. The minimum Gasteiger partial charge on any atom is -0.473 e. The van der Waals surface area contributed by atoms with E-state index in [0.717, 1.165) is 34.4 Å². The molecule has 1 fully saturated rings. The number of hydrogen-bond donors (Lipinski definition) is 3. The normalized spacial score (nSPS) is 18.6. The number of anilines is 2. The van der Waals surface area contributed by atoms with E-state index >= 15 is 0 Å². The first-order valence-electron chi connectivity index (χ1n) is 11.2. The van der Waals surface area contributed by atoms with Crippen LogP contribution in [-0.4, -0.2) is 58.1 Å². The van der Waals surface area contributed by atoms with E-state index in [4.69, 9.17) is 4.74 Å². The van der Waals surface area contributed by atoms with Gasteiger partial charge in [-0.25, -0.2) is 4.98 Å². The second-order valence-electron chi connectivity index (χ2n) is 8.86. The number of hydrogen-bond acceptors (Lipinski definition) is 8. The second-order valence-corrected chi connectivity index (χ2v) is 9.82. The number of benzene rings is 2. The number of carbonyl (C=O) groups is 1. The predicted molar refractivity (Wildman–Crippen MR) is 135 cm³/mol. The van der Waals surface area contributed by atoms with Crippen molar-refractivity contribution in [2.45, 2.75) is 32.5 Å². The van der Waals surface area contributed by atoms with Crippen LogP contribution in [0.2, 0.25) is 0 Å². The first kappa shape index (κ1) is 22.6. The number of methoxy groups -OCH3 is 1. The molecule has 34 heavy (non-hydrogen) atoms. The molecule has 10 heteroatoms. The maximum atomic E-state index is 13.4. The predicted octanol–water partition coefficient (Wildman–Crippen LogP) is 3.12. The number of fused-ring (bicyclic) bond motifs is 2. The number of aromatic nitrogens is 3. The molecule has 0 spiro atoms. The van der Waals surface area contributed by atoms with Crippen molar-refractivity contribution < 1.29 is 14.6 Å². The summed E-state index contributed by atoms with van der Waals surface area (Å²) in [6.07, 6.45) is 1.86. The highest BCUT2D eigenvalue weighted by atomic mass is 32.1. The second kappa shape index (κ2) is 8.86. The number of nitrogens with one attached hydrogen (secondary N) is 2. The van der Waals surface area contributed by atoms with Gasteiger partial charge in [0.25, 0.3) is 11.1 Å². The largest absolute Gasteiger partial charge is 0.473 e. The Morgan fingerprint density at radius 2 is 2.03 bits per heavy atom. The SMILES string of the molecule is COc1nc2c(C(=O)Nc3cc(CO)c4nn(C)cc4c3)ccc(N3C[C@H](C)N[C@@H](C)C3)c2s1. The number of piperazine rings is 1. The lowest BCUT2D eigenvalue weighted by Gasteiger charge is -2.37. The van der Waals surface area contributed by atoms with E-state index in [9.17, 15) is 9.90 Å². The summed E-state index contributed by atoms with van der Waals surface area (Å²) in [5.41, 5.74) is 4.14. The van der Waals surface area contributed by atoms with Gasteiger partial charge >= 0.3 is 0 Å². The fourth-order valence-electron chi connectivity index (χ4n) is 4.74. The van der Waals surface area contributed by atoms with Crippen LogP contribution >= 0.6 is 11.3 Å². The van der Waals surface area contributed by atoms with Gasteiger partial charge in [-0.3, -0.25) is 9.48 Å². The number of aliphatic hydroxyl groups is 1. The highest BCUT2D eigenvalue weighted by Crippen LogP contribution is 2.38. The van der Waals surface area contributed by atoms with Gasteiger partial charge in [-0.15, -0.1) is 0 Å². The van der Waals surface area contributed by atoms with E-state index in [0.29, 0.717) is 39.6 Å². The lowest BCUT2D eigenvalue weighted by molar-refractivity contribution is 0.102. The summed E-state index contributed by atoms with van der Waals surface area (Å²) in [5, 5.41) is 22.1. The van der Waals surface area contributed by atoms with Crippen molar-refractivity contribution in [2.75, 3.05) is 30.4 Å². The van der Waals surface area contributed by atoms with E-state index in [1.807, 2.05) is 31.4 Å². The van der Waals surface area contributed by atoms with Gasteiger partial charge in [-0.05, 0) is 38.1 Å². The van der Waals surface area contributed by atoms with Crippen LogP contribution in [0.5, 0.6) is 5.19 Å². The molecule has 3 heterocycles. The molecule has 0 radical (unpaired) electrons. The Balaban J connectivity index is 1.52. The van der Waals surface area contributed by atoms with E-state index in [2.05, 4.69) is 39.5 Å². The van der Waals surface area contributed by atoms with Gasteiger partial charge in [-0.2, -0.15) is 5.10 Å². The lowest BCUT2D eigenvalue weighted by Crippen LogP contribution is -2.54. The van der Waals surface area contributed by atoms with Crippen molar-refractivity contribution in [2.24, 2.45) is 7.05 Å². The Labute approximate surface area is 201 Å². The van der Waals surface area contributed by atoms with Crippen LogP contribution in [-0.2, 0) is 13.7 Å². The molecule has 4 aromatic rings. The Bertz CT molecular complexity index is 1370. The number of aliphatic hydroxyl groups excluding tert-OH is 1. The molecule has 0 bridgehead atoms. The highest BCUT2D eigenvalue weighted by molar-refractivity contribution is 7.21. The van der Waals surface area contributed by atoms with Gasteiger partial charge in [0.15, 0.2) is 0 Å². The zero-order valence-electron chi connectivity index (χ0n) is 19.6. The van der Waals surface area contributed by atoms with Crippen LogP contribution in [0.3, 0.4) is 0 Å². The number of carbonyl (C=O) groups excluding carboxylic acids is 1. The average Bonchev–Trinajstić information content (AvgIpc) is 3.39. The third-order valence-electron chi connectivity index (χ3n) is 6.05. The van der Waals surface area contributed by atoms with Crippen LogP contribution in [0.15, 0.2) is 30.5 Å². The van der Waals surface area contributed by atoms with Gasteiger partial charge in [-0.1, -0.05) is 11.3 Å². The molecule has 2 aromatic carbocycles. The molecule has 2 aromatic heterocycles. The zero-order valence-corrected chi connectivity index (χ0v) is 20.4. The zero-order chi connectivity index (χ0) is 24.0. The summed E-state index contributed by atoms with van der Waals surface area (Å²) in [4.78, 5) is 20.3. The molecule has 1 aliphatic heterocycles. The van der Waals surface area contributed by atoms with Crippen molar-refractivity contribution in [1.82, 2.24) is 20.1 Å². The topological polar surface area (TPSA) is 105 Å². The standard InChI is InChI=1S/C24H28N6O3S/c1-13-9-30(10-14(2)25-13)19-6-5-18(21-22(19)34-24(27-21)33-4)23(32)26-17-7-15-11-29(3)28-20(15)16(8-17)12-31/h5-8,11,13-14,25,31H,9-10,12H2,1-4H3,(H,26,32)/t13-,14-/m0/s1. The molecule has 178 valence electrons. The molecule has 1 saturated heterocycles. The third kappa shape index (κ3) is 4.08. The third-order valence-corrected chi connectivity index (χ3v) is 7.09. The van der Waals surface area contributed by atoms with Crippen molar-refractivity contribution in [3.05, 3.63) is 41.6 Å². The molecule has 5 rings (SSSR count). The molecular formula is C24H28N6O3S. The fourth-order valence-corrected chi connectivity index (χ4v) is 5.68. The van der Waals surface area contributed by atoms with Gasteiger partial charge in [0.2, 0.25) is 0 Å². The Hall–Kier alpha value is -3.21. The molecule has 0 aliphatic carbocycles. The Morgan fingerprint density at radius 3 is 2.74 bits per heavy atom. The number of rotatable bonds is 5. The van der Waals surface area contributed by atoms with Gasteiger partial charge in [0.05, 0.1) is 35.2 Å². The molecule has 1 amide bonds. The van der Waals surface area contributed by atoms with Crippen LogP contribution in [0.1, 0.15) is 29.8 Å². The van der Waals surface area contributed by atoms with Crippen molar-refractivity contribution in [3.63, 3.8) is 0 Å². The number of ether oxygens (including phenoxy) is 1. The average molecular weight is 481 g/mol. The number of nitrogens with zero attached hydrogens (tertiary/aromatic N) is 4. The van der Waals surface area contributed by atoms with Crippen LogP contribution in [0.25, 0.3) is 21.1 Å². The molecule has 1 aliphatic rings. The van der Waals surface area contributed by atoms with Crippen molar-refractivity contribution >= 4 is 49.7 Å². The van der Waals surface area contributed by atoms with E-state index in [-0.39, 0.29) is 12.5 Å². The van der Waals surface area contributed by atoms with E-state index in [1.165, 1.54) is 11.3 Å². The minimum atomic E-state index is -0.265. The van der Waals surface area contributed by atoms with Crippen molar-refractivity contribution in [1.29, 1.82) is 0 Å². The van der Waals surface area contributed by atoms with Gasteiger partial charge in [0, 0.05) is 55.1 Å². The first-order chi connectivity index (χ1) is 16.4. The molecular weight excluding hydrogens is 452 g/mol. The highest BCUT2D eigenvalue weighted by Gasteiger charge is 2.26. The molecule has 3 N–H and O–H groups in total. The maximum absolute atomic E-state index is 13.4. The van der Waals surface area contributed by atoms with Crippen LogP contribution < -0.4 is 20.3 Å². The van der Waals surface area contributed by atoms with Crippen LogP contribution in [0, 0.1) is 0 Å². The first-order valence-corrected chi connectivity index (χ1v) is 12.0. The Kier molecular flexibility index (Phi) is 5.88. The summed E-state index contributed by atoms with van der Waals surface area (Å²) in [5.74, 6) is -0.265. The number of aryl methyl sites for hydroxylation is 1. The summed E-state index contributed by atoms with van der Waals surface area (Å²) in [6.45, 7) is 5.94. The smallest absolute Gasteiger partial charge is 0.274 e. The number of thiazole rings is 1. The molecule has 2 atom stereocenters. The van der Waals surface area contributed by atoms with Crippen LogP contribution in [0.4, 0.5) is 11.4 Å². The monoisotopic (exact) mass is 480 g/mol. The summed E-state index contributed by atoms with van der Waals surface area (Å²) < 4.78 is 8.05. The molecule has 0 unspecified atom stereocenters. The molecule has 9 nitrogen and oxygen atoms in total. The van der Waals surface area contributed by atoms with Gasteiger partial charge in [0.1, 0.15) is 5.52 Å².